The highest BCUT2D eigenvalue weighted by Crippen LogP contribution is 2.56. The van der Waals surface area contributed by atoms with Crippen LogP contribution in [0.1, 0.15) is 51.3 Å². The van der Waals surface area contributed by atoms with Crippen molar-refractivity contribution in [1.82, 2.24) is 4.90 Å². The van der Waals surface area contributed by atoms with Gasteiger partial charge in [-0.2, -0.15) is 0 Å². The lowest BCUT2D eigenvalue weighted by molar-refractivity contribution is -0.138. The molecule has 0 aromatic heterocycles. The highest BCUT2D eigenvalue weighted by Gasteiger charge is 2.47. The number of esters is 2. The maximum Gasteiger partial charge on any atom is 0.346 e. The zero-order valence-corrected chi connectivity index (χ0v) is 26.1. The summed E-state index contributed by atoms with van der Waals surface area (Å²) in [6.07, 6.45) is 0. The Morgan fingerprint density at radius 3 is 1.86 bits per heavy atom. The van der Waals surface area contributed by atoms with Gasteiger partial charge >= 0.3 is 11.9 Å². The van der Waals surface area contributed by atoms with Crippen LogP contribution in [0.3, 0.4) is 0 Å². The van der Waals surface area contributed by atoms with E-state index in [0.29, 0.717) is 25.9 Å². The van der Waals surface area contributed by atoms with Gasteiger partial charge in [0.05, 0.1) is 45.7 Å². The van der Waals surface area contributed by atoms with E-state index < -0.39 is 41.7 Å². The van der Waals surface area contributed by atoms with Crippen molar-refractivity contribution in [3.05, 3.63) is 78.3 Å². The number of rotatable bonds is 4. The molecule has 0 atom stereocenters. The fraction of sp³-hybridized carbons (Fsp3) is 0.267. The molecule has 42 heavy (non-hydrogen) atoms. The quantitative estimate of drug-likeness (QED) is 0.204. The van der Waals surface area contributed by atoms with Crippen molar-refractivity contribution in [2.75, 3.05) is 25.7 Å². The SMILES string of the molecule is COC(=O)C1=C(C(=O)OC)SC(=C2C(=S)C(C)(C)N(C(=O)CN3C(=O)c4ccccc4C3=O)c3cc(C)c(C)cc32)S1. The number of nitrogens with zero attached hydrogens (tertiary/aromatic N) is 2. The molecule has 0 aliphatic carbocycles. The first-order valence-electron chi connectivity index (χ1n) is 12.8. The smallest absolute Gasteiger partial charge is 0.346 e. The first-order chi connectivity index (χ1) is 19.8. The molecule has 3 amide bonds. The van der Waals surface area contributed by atoms with Crippen molar-refractivity contribution in [2.45, 2.75) is 33.2 Å². The van der Waals surface area contributed by atoms with E-state index in [1.807, 2.05) is 26.0 Å². The van der Waals surface area contributed by atoms with E-state index >= 15 is 0 Å². The van der Waals surface area contributed by atoms with Gasteiger partial charge in [-0.1, -0.05) is 47.9 Å². The Bertz CT molecular complexity index is 1640. The normalized spacial score (nSPS) is 17.5. The fourth-order valence-corrected chi connectivity index (χ4v) is 8.14. The fourth-order valence-electron chi connectivity index (χ4n) is 5.11. The largest absolute Gasteiger partial charge is 0.465 e. The van der Waals surface area contributed by atoms with Gasteiger partial charge < -0.3 is 9.47 Å². The standard InChI is InChI=1S/C30H26N2O7S3/c1-14-11-18-19(12-15(14)2)32(20(33)13-31-25(34)16-9-7-8-10-17(16)26(31)35)30(3,4)24(40)21(18)29-41-22(27(36)38-5)23(42-29)28(37)39-6/h7-12H,13H2,1-6H3. The zero-order chi connectivity index (χ0) is 30.7. The van der Waals surface area contributed by atoms with Crippen LogP contribution >= 0.6 is 35.7 Å². The van der Waals surface area contributed by atoms with Crippen LogP contribution in [0, 0.1) is 13.8 Å². The number of amides is 3. The number of carbonyl (C=O) groups is 5. The molecular formula is C30H26N2O7S3. The second-order valence-electron chi connectivity index (χ2n) is 10.3. The summed E-state index contributed by atoms with van der Waals surface area (Å²) in [4.78, 5) is 68.4. The van der Waals surface area contributed by atoms with Crippen molar-refractivity contribution in [1.29, 1.82) is 0 Å². The number of thioether (sulfide) groups is 2. The number of benzene rings is 2. The number of anilines is 1. The Balaban J connectivity index is 1.61. The number of methoxy groups -OCH3 is 2. The van der Waals surface area contributed by atoms with Crippen LogP contribution in [0.4, 0.5) is 5.69 Å². The minimum atomic E-state index is -1.09. The third kappa shape index (κ3) is 4.58. The van der Waals surface area contributed by atoms with Gasteiger partial charge in [0.15, 0.2) is 0 Å². The van der Waals surface area contributed by atoms with Crippen LogP contribution in [0.25, 0.3) is 5.57 Å². The molecule has 3 aliphatic rings. The van der Waals surface area contributed by atoms with Crippen molar-refractivity contribution in [3.8, 4) is 0 Å². The Morgan fingerprint density at radius 2 is 1.36 bits per heavy atom. The second kappa shape index (κ2) is 10.8. The number of thiocarbonyl (C=S) groups is 1. The molecule has 3 aliphatic heterocycles. The topological polar surface area (TPSA) is 110 Å². The molecular weight excluding hydrogens is 597 g/mol. The lowest BCUT2D eigenvalue weighted by Crippen LogP contribution is -2.58. The minimum Gasteiger partial charge on any atom is -0.465 e. The van der Waals surface area contributed by atoms with Crippen LogP contribution in [0.5, 0.6) is 0 Å². The lowest BCUT2D eigenvalue weighted by Gasteiger charge is -2.46. The Kier molecular flexibility index (Phi) is 7.67. The summed E-state index contributed by atoms with van der Waals surface area (Å²) < 4.78 is 10.4. The summed E-state index contributed by atoms with van der Waals surface area (Å²) in [5, 5.41) is 0. The summed E-state index contributed by atoms with van der Waals surface area (Å²) >= 11 is 8.16. The van der Waals surface area contributed by atoms with Crippen LogP contribution in [-0.4, -0.2) is 65.7 Å². The molecule has 0 fully saturated rings. The van der Waals surface area contributed by atoms with E-state index in [2.05, 4.69) is 0 Å². The van der Waals surface area contributed by atoms with Crippen LogP contribution < -0.4 is 4.90 Å². The van der Waals surface area contributed by atoms with Gasteiger partial charge in [-0.25, -0.2) is 9.59 Å². The number of ether oxygens (including phenoxy) is 2. The van der Waals surface area contributed by atoms with Gasteiger partial charge in [0.2, 0.25) is 5.91 Å². The third-order valence-electron chi connectivity index (χ3n) is 7.43. The van der Waals surface area contributed by atoms with E-state index in [1.165, 1.54) is 19.1 Å². The van der Waals surface area contributed by atoms with Crippen LogP contribution in [-0.2, 0) is 23.9 Å². The van der Waals surface area contributed by atoms with Crippen molar-refractivity contribution < 1.29 is 33.4 Å². The molecule has 12 heteroatoms. The molecule has 0 saturated carbocycles. The molecule has 2 aromatic carbocycles. The molecule has 0 spiro atoms. The van der Waals surface area contributed by atoms with Gasteiger partial charge in [-0.3, -0.25) is 24.2 Å². The van der Waals surface area contributed by atoms with Crippen molar-refractivity contribution >= 4 is 81.5 Å². The molecule has 9 nitrogen and oxygen atoms in total. The number of carbonyl (C=O) groups excluding carboxylic acids is 5. The summed E-state index contributed by atoms with van der Waals surface area (Å²) in [6, 6.07) is 10.2. The molecule has 0 unspecified atom stereocenters. The van der Waals surface area contributed by atoms with Gasteiger partial charge in [0.25, 0.3) is 11.8 Å². The molecule has 5 rings (SSSR count). The molecule has 3 heterocycles. The third-order valence-corrected chi connectivity index (χ3v) is 10.7. The predicted octanol–water partition coefficient (Wildman–Crippen LogP) is 4.80. The van der Waals surface area contributed by atoms with E-state index in [1.54, 1.807) is 38.1 Å². The van der Waals surface area contributed by atoms with Crippen LogP contribution in [0.2, 0.25) is 0 Å². The zero-order valence-electron chi connectivity index (χ0n) is 23.6. The summed E-state index contributed by atoms with van der Waals surface area (Å²) in [5.74, 6) is -2.90. The van der Waals surface area contributed by atoms with Crippen molar-refractivity contribution in [2.24, 2.45) is 0 Å². The average Bonchev–Trinajstić information content (AvgIpc) is 3.50. The van der Waals surface area contributed by atoms with E-state index in [-0.39, 0.29) is 20.9 Å². The first-order valence-corrected chi connectivity index (χ1v) is 14.8. The van der Waals surface area contributed by atoms with Gasteiger partial charge in [0.1, 0.15) is 16.4 Å². The van der Waals surface area contributed by atoms with Crippen LogP contribution in [0.15, 0.2) is 50.4 Å². The highest BCUT2D eigenvalue weighted by atomic mass is 32.2. The molecule has 216 valence electrons. The summed E-state index contributed by atoms with van der Waals surface area (Å²) in [7, 11) is 2.46. The molecule has 2 aromatic rings. The predicted molar refractivity (Wildman–Crippen MR) is 165 cm³/mol. The minimum absolute atomic E-state index is 0.0898. The Hall–Kier alpha value is -3.74. The molecule has 0 saturated heterocycles. The molecule has 0 bridgehead atoms. The van der Waals surface area contributed by atoms with E-state index in [4.69, 9.17) is 21.7 Å². The lowest BCUT2D eigenvalue weighted by atomic mass is 9.82. The van der Waals surface area contributed by atoms with Gasteiger partial charge in [0, 0.05) is 11.1 Å². The van der Waals surface area contributed by atoms with Gasteiger partial charge in [-0.05, 0) is 63.1 Å². The number of aryl methyl sites for hydroxylation is 2. The number of hydrogen-bond donors (Lipinski definition) is 0. The molecule has 0 radical (unpaired) electrons. The maximum atomic E-state index is 14.1. The van der Waals surface area contributed by atoms with Gasteiger partial charge in [-0.15, -0.1) is 0 Å². The maximum absolute atomic E-state index is 14.1. The number of fused-ring (bicyclic) bond motifs is 2. The summed E-state index contributed by atoms with van der Waals surface area (Å²) in [5.41, 5.74) is 3.04. The van der Waals surface area contributed by atoms with E-state index in [9.17, 15) is 24.0 Å². The number of imide groups is 1. The van der Waals surface area contributed by atoms with Crippen molar-refractivity contribution in [3.63, 3.8) is 0 Å². The second-order valence-corrected chi connectivity index (χ2v) is 13.0. The molecule has 0 N–H and O–H groups in total. The monoisotopic (exact) mass is 622 g/mol. The number of hydrogen-bond acceptors (Lipinski definition) is 10. The highest BCUT2D eigenvalue weighted by molar-refractivity contribution is 8.29. The Morgan fingerprint density at radius 1 is 0.857 bits per heavy atom. The van der Waals surface area contributed by atoms with E-state index in [0.717, 1.165) is 39.6 Å². The average molecular weight is 623 g/mol. The Labute approximate surface area is 256 Å². The first kappa shape index (κ1) is 29.7. The summed E-state index contributed by atoms with van der Waals surface area (Å²) in [6.45, 7) is 6.95.